The second-order valence-corrected chi connectivity index (χ2v) is 14.0. The number of benzene rings is 2. The topological polar surface area (TPSA) is 165 Å². The number of amides is 2. The number of aromatic nitrogens is 8. The van der Waals surface area contributed by atoms with Crippen LogP contribution in [0.25, 0.3) is 50.0 Å². The highest BCUT2D eigenvalue weighted by Gasteiger charge is 2.22. The molecule has 0 bridgehead atoms. The third kappa shape index (κ3) is 7.06. The second-order valence-electron chi connectivity index (χ2n) is 14.0. The number of aryl methyl sites for hydroxylation is 4. The summed E-state index contributed by atoms with van der Waals surface area (Å²) in [6, 6.07) is 22.3. The van der Waals surface area contributed by atoms with Crippen molar-refractivity contribution in [3.8, 4) is 34.1 Å². The summed E-state index contributed by atoms with van der Waals surface area (Å²) in [5.41, 5.74) is 13.2. The Morgan fingerprint density at radius 3 is 2.02 bits per heavy atom. The number of aromatic amines is 1. The molecule has 13 heteroatoms. The number of carbonyl (C=O) groups is 2. The van der Waals surface area contributed by atoms with Crippen LogP contribution in [-0.4, -0.2) is 58.4 Å². The summed E-state index contributed by atoms with van der Waals surface area (Å²) in [5.74, 6) is 0.0469. The number of fused-ring (bicyclic) bond motifs is 2. The molecule has 6 aromatic heterocycles. The Morgan fingerprint density at radius 1 is 0.719 bits per heavy atom. The van der Waals surface area contributed by atoms with Gasteiger partial charge in [0.25, 0.3) is 11.8 Å². The molecule has 13 nitrogen and oxygen atoms in total. The quantitative estimate of drug-likeness (QED) is 0.131. The molecule has 0 saturated heterocycles. The average molecular weight is 757 g/mol. The van der Waals surface area contributed by atoms with Crippen LogP contribution in [0.15, 0.2) is 91.8 Å². The molecule has 0 aliphatic rings. The van der Waals surface area contributed by atoms with E-state index in [9.17, 15) is 9.59 Å². The summed E-state index contributed by atoms with van der Waals surface area (Å²) >= 11 is 0. The highest BCUT2D eigenvalue weighted by Crippen LogP contribution is 2.39. The molecule has 6 heterocycles. The van der Waals surface area contributed by atoms with Crippen molar-refractivity contribution in [2.24, 2.45) is 0 Å². The molecular weight excluding hydrogens is 717 g/mol. The summed E-state index contributed by atoms with van der Waals surface area (Å²) in [7, 11) is 1.61. The van der Waals surface area contributed by atoms with Gasteiger partial charge in [0, 0.05) is 81.7 Å². The van der Waals surface area contributed by atoms with Crippen LogP contribution in [0.3, 0.4) is 0 Å². The van der Waals surface area contributed by atoms with Gasteiger partial charge in [0.2, 0.25) is 5.88 Å². The zero-order valence-electron chi connectivity index (χ0n) is 32.4. The third-order valence-corrected chi connectivity index (χ3v) is 10.2. The molecule has 8 aromatic rings. The first-order valence-corrected chi connectivity index (χ1v) is 18.4. The van der Waals surface area contributed by atoms with E-state index in [2.05, 4.69) is 77.4 Å². The van der Waals surface area contributed by atoms with Crippen molar-refractivity contribution < 1.29 is 14.3 Å². The number of H-pyrrole nitrogens is 1. The number of rotatable bonds is 10. The molecule has 2 amide bonds. The van der Waals surface area contributed by atoms with Gasteiger partial charge in [-0.3, -0.25) is 14.6 Å². The van der Waals surface area contributed by atoms with Gasteiger partial charge < -0.3 is 24.9 Å². The summed E-state index contributed by atoms with van der Waals surface area (Å²) in [4.78, 5) is 55.8. The Morgan fingerprint density at radius 2 is 1.37 bits per heavy atom. The van der Waals surface area contributed by atoms with Gasteiger partial charge >= 0.3 is 0 Å². The highest BCUT2D eigenvalue weighted by molar-refractivity contribution is 6.01. The summed E-state index contributed by atoms with van der Waals surface area (Å²) in [5, 5.41) is 8.02. The van der Waals surface area contributed by atoms with Crippen LogP contribution >= 0.6 is 0 Å². The number of carbonyl (C=O) groups excluding carboxylic acids is 2. The summed E-state index contributed by atoms with van der Waals surface area (Å²) < 4.78 is 7.76. The monoisotopic (exact) mass is 756 g/mol. The van der Waals surface area contributed by atoms with Crippen LogP contribution < -0.4 is 15.4 Å². The van der Waals surface area contributed by atoms with Gasteiger partial charge in [-0.1, -0.05) is 18.2 Å². The van der Waals surface area contributed by atoms with Gasteiger partial charge in [0.1, 0.15) is 12.7 Å². The molecular formula is C44H40N10O3. The van der Waals surface area contributed by atoms with Crippen LogP contribution in [0.1, 0.15) is 60.3 Å². The third-order valence-electron chi connectivity index (χ3n) is 10.2. The molecule has 0 spiro atoms. The molecule has 2 aromatic carbocycles. The lowest BCUT2D eigenvalue weighted by Gasteiger charge is -2.13. The zero-order valence-corrected chi connectivity index (χ0v) is 32.4. The zero-order chi connectivity index (χ0) is 39.8. The fraction of sp³-hybridized carbons (Fsp3) is 0.182. The van der Waals surface area contributed by atoms with Crippen molar-refractivity contribution in [3.05, 3.63) is 143 Å². The molecule has 0 aliphatic carbocycles. The molecule has 0 saturated carbocycles. The Kier molecular flexibility index (Phi) is 9.72. The number of nitrogens with zero attached hydrogens (tertiary/aromatic N) is 7. The van der Waals surface area contributed by atoms with Gasteiger partial charge in [-0.25, -0.2) is 24.9 Å². The maximum absolute atomic E-state index is 13.1. The molecule has 0 aliphatic heterocycles. The van der Waals surface area contributed by atoms with Crippen LogP contribution in [0.2, 0.25) is 0 Å². The lowest BCUT2D eigenvalue weighted by atomic mass is 10.0. The molecule has 0 unspecified atom stereocenters. The standard InChI is InChI=1S/C44H40N10O3/c1-24-14-31(17-38(51-24)41-27(4)52-36-12-10-29(15-32(36)41)18-47-43(55)34-20-45-22-49-25(34)2)54-28(5)42(37-8-7-9-40(53-37)57-6)33-16-30(11-13-39(33)54)19-48-44(56)35-21-46-23-50-26(35)3/h7-17,20-23,52H,18-19H2,1-6H3,(H,47,55)(H,48,56). The average Bonchev–Trinajstić information content (AvgIpc) is 3.70. The Balaban J connectivity index is 1.19. The van der Waals surface area contributed by atoms with Crippen LogP contribution in [0.5, 0.6) is 5.88 Å². The van der Waals surface area contributed by atoms with Crippen molar-refractivity contribution in [2.45, 2.75) is 47.7 Å². The Labute approximate surface area is 328 Å². The molecule has 0 radical (unpaired) electrons. The number of pyridine rings is 2. The van der Waals surface area contributed by atoms with E-state index in [-0.39, 0.29) is 11.8 Å². The van der Waals surface area contributed by atoms with Crippen LogP contribution in [0, 0.1) is 34.6 Å². The fourth-order valence-corrected chi connectivity index (χ4v) is 7.40. The van der Waals surface area contributed by atoms with E-state index in [4.69, 9.17) is 14.7 Å². The maximum Gasteiger partial charge on any atom is 0.254 e. The van der Waals surface area contributed by atoms with Gasteiger partial charge in [0.05, 0.1) is 46.5 Å². The number of nitrogens with one attached hydrogen (secondary N) is 3. The van der Waals surface area contributed by atoms with E-state index in [1.807, 2.05) is 50.2 Å². The number of hydrogen-bond acceptors (Lipinski definition) is 9. The molecule has 3 N–H and O–H groups in total. The molecule has 284 valence electrons. The molecule has 57 heavy (non-hydrogen) atoms. The first kappa shape index (κ1) is 36.7. The van der Waals surface area contributed by atoms with E-state index in [0.717, 1.165) is 78.2 Å². The van der Waals surface area contributed by atoms with Gasteiger partial charge in [0.15, 0.2) is 0 Å². The highest BCUT2D eigenvalue weighted by atomic mass is 16.5. The largest absolute Gasteiger partial charge is 0.481 e. The summed E-state index contributed by atoms with van der Waals surface area (Å²) in [6.07, 6.45) is 5.92. The molecule has 0 atom stereocenters. The van der Waals surface area contributed by atoms with Gasteiger partial charge in [-0.05, 0) is 88.2 Å². The number of methoxy groups -OCH3 is 1. The molecule has 8 rings (SSSR count). The smallest absolute Gasteiger partial charge is 0.254 e. The minimum atomic E-state index is -0.238. The maximum atomic E-state index is 13.1. The van der Waals surface area contributed by atoms with E-state index in [1.54, 1.807) is 21.0 Å². The van der Waals surface area contributed by atoms with Crippen molar-refractivity contribution in [2.75, 3.05) is 7.11 Å². The lowest BCUT2D eigenvalue weighted by Crippen LogP contribution is -2.24. The van der Waals surface area contributed by atoms with E-state index < -0.39 is 0 Å². The number of hydrogen-bond donors (Lipinski definition) is 3. The SMILES string of the molecule is COc1cccc(-c2c(C)n(-c3cc(C)nc(-c4c(C)[nH]c5ccc(CNC(=O)c6cncnc6C)cc45)c3)c3ccc(CNC(=O)c4cncnc4C)cc23)n1. The van der Waals surface area contributed by atoms with E-state index in [0.29, 0.717) is 41.5 Å². The van der Waals surface area contributed by atoms with E-state index in [1.165, 1.54) is 25.0 Å². The van der Waals surface area contributed by atoms with Crippen LogP contribution in [0.4, 0.5) is 0 Å². The number of ether oxygens (including phenoxy) is 1. The first-order valence-electron chi connectivity index (χ1n) is 18.4. The van der Waals surface area contributed by atoms with Gasteiger partial charge in [-0.15, -0.1) is 0 Å². The van der Waals surface area contributed by atoms with Gasteiger partial charge in [-0.2, -0.15) is 0 Å². The summed E-state index contributed by atoms with van der Waals surface area (Å²) in [6.45, 7) is 10.4. The Hall–Kier alpha value is -7.28. The minimum absolute atomic E-state index is 0.226. The van der Waals surface area contributed by atoms with E-state index >= 15 is 0 Å². The predicted molar refractivity (Wildman–Crippen MR) is 218 cm³/mol. The van der Waals surface area contributed by atoms with Crippen molar-refractivity contribution in [3.63, 3.8) is 0 Å². The first-order chi connectivity index (χ1) is 27.6. The van der Waals surface area contributed by atoms with Crippen molar-refractivity contribution in [1.29, 1.82) is 0 Å². The lowest BCUT2D eigenvalue weighted by molar-refractivity contribution is 0.0941. The Bertz CT molecular complexity index is 2860. The van der Waals surface area contributed by atoms with Crippen LogP contribution in [-0.2, 0) is 13.1 Å². The minimum Gasteiger partial charge on any atom is -0.481 e. The van der Waals surface area contributed by atoms with Crippen molar-refractivity contribution in [1.82, 2.24) is 50.1 Å². The molecule has 0 fully saturated rings. The predicted octanol–water partition coefficient (Wildman–Crippen LogP) is 7.23. The fourth-order valence-electron chi connectivity index (χ4n) is 7.40. The second kappa shape index (κ2) is 15.1. The van der Waals surface area contributed by atoms with Crippen molar-refractivity contribution >= 4 is 33.6 Å². The normalized spacial score (nSPS) is 11.3.